The van der Waals surface area contributed by atoms with E-state index < -0.39 is 18.2 Å². The summed E-state index contributed by atoms with van der Waals surface area (Å²) in [5.41, 5.74) is 0.611. The Morgan fingerprint density at radius 3 is 1.81 bits per heavy atom. The Balaban J connectivity index is 2.05. The van der Waals surface area contributed by atoms with E-state index in [1.165, 1.54) is 12.1 Å². The van der Waals surface area contributed by atoms with Crippen LogP contribution in [0.25, 0.3) is 0 Å². The molecule has 0 saturated carbocycles. The van der Waals surface area contributed by atoms with Crippen LogP contribution < -0.4 is 0 Å². The fourth-order valence-corrected chi connectivity index (χ4v) is 2.87. The predicted molar refractivity (Wildman–Crippen MR) is 106 cm³/mol. The quantitative estimate of drug-likeness (QED) is 0.277. The van der Waals surface area contributed by atoms with Crippen LogP contribution in [-0.4, -0.2) is 18.2 Å². The van der Waals surface area contributed by atoms with Crippen LogP contribution in [0.3, 0.4) is 0 Å². The summed E-state index contributed by atoms with van der Waals surface area (Å²) in [6.07, 6.45) is 3.35. The zero-order valence-electron chi connectivity index (χ0n) is 15.1. The molecule has 0 N–H and O–H groups in total. The van der Waals surface area contributed by atoms with E-state index >= 15 is 0 Å². The van der Waals surface area contributed by atoms with E-state index in [0.717, 1.165) is 25.7 Å². The van der Waals surface area contributed by atoms with Crippen molar-refractivity contribution in [3.05, 3.63) is 69.7 Å². The van der Waals surface area contributed by atoms with Crippen molar-refractivity contribution < 1.29 is 19.1 Å². The molecule has 0 saturated heterocycles. The lowest BCUT2D eigenvalue weighted by Crippen LogP contribution is -2.25. The minimum atomic E-state index is -0.972. The molecular formula is C21H22Cl2O4. The molecule has 2 aromatic carbocycles. The van der Waals surface area contributed by atoms with Gasteiger partial charge in [-0.25, -0.2) is 9.59 Å². The van der Waals surface area contributed by atoms with Crippen LogP contribution in [0.15, 0.2) is 48.5 Å². The Morgan fingerprint density at radius 1 is 0.852 bits per heavy atom. The Kier molecular flexibility index (Phi) is 8.62. The average molecular weight is 409 g/mol. The van der Waals surface area contributed by atoms with Gasteiger partial charge >= 0.3 is 11.9 Å². The molecule has 2 aromatic rings. The third kappa shape index (κ3) is 7.24. The fraction of sp³-hybridized carbons (Fsp3) is 0.333. The normalized spacial score (nSPS) is 10.7. The zero-order chi connectivity index (χ0) is 19.6. The second-order valence-electron chi connectivity index (χ2n) is 6.11. The van der Waals surface area contributed by atoms with Crippen molar-refractivity contribution in [3.63, 3.8) is 0 Å². The summed E-state index contributed by atoms with van der Waals surface area (Å²) in [5.74, 6) is -1.17. The van der Waals surface area contributed by atoms with Crippen molar-refractivity contribution >= 4 is 35.1 Å². The van der Waals surface area contributed by atoms with E-state index in [-0.39, 0.29) is 0 Å². The number of benzene rings is 2. The molecule has 0 heterocycles. The van der Waals surface area contributed by atoms with Gasteiger partial charge < -0.3 is 9.47 Å². The lowest BCUT2D eigenvalue weighted by atomic mass is 10.1. The molecule has 6 heteroatoms. The van der Waals surface area contributed by atoms with Crippen molar-refractivity contribution in [1.29, 1.82) is 0 Å². The van der Waals surface area contributed by atoms with Crippen LogP contribution in [0.2, 0.25) is 10.0 Å². The van der Waals surface area contributed by atoms with E-state index in [1.54, 1.807) is 36.4 Å². The van der Waals surface area contributed by atoms with Gasteiger partial charge in [0, 0.05) is 16.5 Å². The number of ether oxygens (including phenoxy) is 2. The molecule has 0 spiro atoms. The SMILES string of the molecule is CCCCCCC(OC(=O)c1cccc(Cl)c1)OC(=O)c1cccc(Cl)c1. The average Bonchev–Trinajstić information content (AvgIpc) is 2.65. The zero-order valence-corrected chi connectivity index (χ0v) is 16.6. The number of carbonyl (C=O) groups excluding carboxylic acids is 2. The molecule has 144 valence electrons. The molecular weight excluding hydrogens is 387 g/mol. The maximum absolute atomic E-state index is 12.4. The van der Waals surface area contributed by atoms with Crippen molar-refractivity contribution in [2.75, 3.05) is 0 Å². The molecule has 27 heavy (non-hydrogen) atoms. The van der Waals surface area contributed by atoms with E-state index in [0.29, 0.717) is 27.6 Å². The standard InChI is InChI=1S/C21H22Cl2O4/c1-2-3-4-5-12-19(26-20(24)15-8-6-10-17(22)13-15)27-21(25)16-9-7-11-18(23)14-16/h6-11,13-14,19H,2-5,12H2,1H3. The molecule has 4 nitrogen and oxygen atoms in total. The minimum Gasteiger partial charge on any atom is -0.422 e. The molecule has 0 radical (unpaired) electrons. The van der Waals surface area contributed by atoms with Gasteiger partial charge in [-0.3, -0.25) is 0 Å². The maximum atomic E-state index is 12.4. The summed E-state index contributed by atoms with van der Waals surface area (Å²) in [6.45, 7) is 2.11. The first-order chi connectivity index (χ1) is 13.0. The van der Waals surface area contributed by atoms with Crippen LogP contribution >= 0.6 is 23.2 Å². The van der Waals surface area contributed by atoms with Gasteiger partial charge in [0.15, 0.2) is 0 Å². The van der Waals surface area contributed by atoms with Crippen LogP contribution in [0.5, 0.6) is 0 Å². The number of hydrogen-bond donors (Lipinski definition) is 0. The molecule has 0 aromatic heterocycles. The number of halogens is 2. The summed E-state index contributed by atoms with van der Waals surface area (Å²) in [6, 6.07) is 12.9. The molecule has 0 unspecified atom stereocenters. The molecule has 0 aliphatic carbocycles. The third-order valence-electron chi connectivity index (χ3n) is 3.89. The summed E-state index contributed by atoms with van der Waals surface area (Å²) in [5, 5.41) is 0.861. The first kappa shape index (κ1) is 21.3. The summed E-state index contributed by atoms with van der Waals surface area (Å²) in [7, 11) is 0. The topological polar surface area (TPSA) is 52.6 Å². The van der Waals surface area contributed by atoms with Gasteiger partial charge in [-0.15, -0.1) is 0 Å². The van der Waals surface area contributed by atoms with Gasteiger partial charge in [0.2, 0.25) is 6.29 Å². The molecule has 0 fully saturated rings. The number of rotatable bonds is 9. The van der Waals surface area contributed by atoms with Gasteiger partial charge in [-0.1, -0.05) is 61.5 Å². The number of unbranched alkanes of at least 4 members (excludes halogenated alkanes) is 3. The Morgan fingerprint density at radius 2 is 1.37 bits per heavy atom. The van der Waals surface area contributed by atoms with Crippen molar-refractivity contribution in [2.45, 2.75) is 45.3 Å². The molecule has 0 bridgehead atoms. The lowest BCUT2D eigenvalue weighted by molar-refractivity contribution is -0.0838. The van der Waals surface area contributed by atoms with Crippen molar-refractivity contribution in [2.24, 2.45) is 0 Å². The smallest absolute Gasteiger partial charge is 0.341 e. The second kappa shape index (κ2) is 11.0. The Bertz CT molecular complexity index is 717. The van der Waals surface area contributed by atoms with E-state index in [4.69, 9.17) is 32.7 Å². The largest absolute Gasteiger partial charge is 0.422 e. The van der Waals surface area contributed by atoms with Gasteiger partial charge in [-0.05, 0) is 42.8 Å². The number of carbonyl (C=O) groups is 2. The fourth-order valence-electron chi connectivity index (χ4n) is 2.49. The number of hydrogen-bond acceptors (Lipinski definition) is 4. The molecule has 0 amide bonds. The van der Waals surface area contributed by atoms with Gasteiger partial charge in [0.05, 0.1) is 11.1 Å². The highest BCUT2D eigenvalue weighted by molar-refractivity contribution is 6.31. The first-order valence-corrected chi connectivity index (χ1v) is 9.68. The first-order valence-electron chi connectivity index (χ1n) is 8.92. The molecule has 0 atom stereocenters. The summed E-state index contributed by atoms with van der Waals surface area (Å²) < 4.78 is 10.8. The highest BCUT2D eigenvalue weighted by atomic mass is 35.5. The molecule has 0 aliphatic heterocycles. The molecule has 2 rings (SSSR count). The summed E-state index contributed by atoms with van der Waals surface area (Å²) >= 11 is 11.8. The molecule has 0 aliphatic rings. The van der Waals surface area contributed by atoms with Crippen LogP contribution in [0, 0.1) is 0 Å². The summed E-state index contributed by atoms with van der Waals surface area (Å²) in [4.78, 5) is 24.8. The van der Waals surface area contributed by atoms with Crippen LogP contribution in [-0.2, 0) is 9.47 Å². The van der Waals surface area contributed by atoms with Gasteiger partial charge in [0.25, 0.3) is 0 Å². The van der Waals surface area contributed by atoms with E-state index in [2.05, 4.69) is 6.92 Å². The highest BCUT2D eigenvalue weighted by Crippen LogP contribution is 2.18. The van der Waals surface area contributed by atoms with Crippen LogP contribution in [0.4, 0.5) is 0 Å². The van der Waals surface area contributed by atoms with E-state index in [1.807, 2.05) is 0 Å². The van der Waals surface area contributed by atoms with Crippen LogP contribution in [0.1, 0.15) is 59.7 Å². The lowest BCUT2D eigenvalue weighted by Gasteiger charge is -2.18. The van der Waals surface area contributed by atoms with Gasteiger partial charge in [-0.2, -0.15) is 0 Å². The predicted octanol–water partition coefficient (Wildman–Crippen LogP) is 6.30. The minimum absolute atomic E-state index is 0.305. The van der Waals surface area contributed by atoms with Crippen molar-refractivity contribution in [3.8, 4) is 0 Å². The monoisotopic (exact) mass is 408 g/mol. The van der Waals surface area contributed by atoms with E-state index in [9.17, 15) is 9.59 Å². The number of esters is 2. The van der Waals surface area contributed by atoms with Gasteiger partial charge in [0.1, 0.15) is 0 Å². The Hall–Kier alpha value is -2.04. The third-order valence-corrected chi connectivity index (χ3v) is 4.36. The highest BCUT2D eigenvalue weighted by Gasteiger charge is 2.21. The maximum Gasteiger partial charge on any atom is 0.341 e. The second-order valence-corrected chi connectivity index (χ2v) is 6.98. The Labute approximate surface area is 169 Å². The van der Waals surface area contributed by atoms with Crippen molar-refractivity contribution in [1.82, 2.24) is 0 Å².